The third kappa shape index (κ3) is 8.30. The van der Waals surface area contributed by atoms with Gasteiger partial charge in [-0.05, 0) is 60.1 Å². The molecule has 152 valence electrons. The number of carbonyl (C=O) groups excluding carboxylic acids is 2. The van der Waals surface area contributed by atoms with Crippen molar-refractivity contribution in [2.45, 2.75) is 66.1 Å². The number of esters is 1. The molecule has 1 amide bonds. The topological polar surface area (TPSA) is 96.9 Å². The summed E-state index contributed by atoms with van der Waals surface area (Å²) in [7, 11) is 0. The molecule has 27 heavy (non-hydrogen) atoms. The second-order valence-corrected chi connectivity index (χ2v) is 8.32. The van der Waals surface area contributed by atoms with Gasteiger partial charge in [-0.15, -0.1) is 0 Å². The van der Waals surface area contributed by atoms with Gasteiger partial charge in [0, 0.05) is 17.8 Å². The lowest BCUT2D eigenvalue weighted by molar-refractivity contribution is -0.153. The summed E-state index contributed by atoms with van der Waals surface area (Å²) in [6, 6.07) is 3.63. The molecular weight excluding hydrogens is 348 g/mol. The van der Waals surface area contributed by atoms with Crippen LogP contribution in [0.1, 0.15) is 52.7 Å². The maximum atomic E-state index is 12.4. The molecule has 0 atom stereocenters. The summed E-state index contributed by atoms with van der Waals surface area (Å²) in [5.41, 5.74) is 1.26. The number of carbonyl (C=O) groups is 2. The molecule has 7 nitrogen and oxygen atoms in total. The van der Waals surface area contributed by atoms with Gasteiger partial charge in [0.1, 0.15) is 11.2 Å². The van der Waals surface area contributed by atoms with Crippen LogP contribution in [0.5, 0.6) is 0 Å². The van der Waals surface area contributed by atoms with Crippen LogP contribution in [0.2, 0.25) is 0 Å². The highest BCUT2D eigenvalue weighted by Crippen LogP contribution is 2.30. The Labute approximate surface area is 161 Å². The minimum absolute atomic E-state index is 0.0299. The van der Waals surface area contributed by atoms with Crippen molar-refractivity contribution >= 4 is 23.4 Å². The zero-order valence-electron chi connectivity index (χ0n) is 17.4. The maximum Gasteiger partial charge on any atom is 0.412 e. The van der Waals surface area contributed by atoms with Gasteiger partial charge in [-0.2, -0.15) is 0 Å². The van der Waals surface area contributed by atoms with Crippen molar-refractivity contribution in [2.75, 3.05) is 23.8 Å². The number of aliphatic hydroxyl groups excluding tert-OH is 1. The molecule has 3 N–H and O–H groups in total. The summed E-state index contributed by atoms with van der Waals surface area (Å²) in [5.74, 6) is -0.410. The molecule has 0 saturated carbocycles. The van der Waals surface area contributed by atoms with E-state index in [0.29, 0.717) is 23.5 Å². The van der Waals surface area contributed by atoms with Crippen molar-refractivity contribution in [1.82, 2.24) is 0 Å². The molecule has 0 radical (unpaired) electrons. The van der Waals surface area contributed by atoms with Gasteiger partial charge < -0.3 is 19.9 Å². The molecule has 0 bridgehead atoms. The van der Waals surface area contributed by atoms with Gasteiger partial charge >= 0.3 is 12.1 Å². The third-order valence-corrected chi connectivity index (χ3v) is 3.32. The monoisotopic (exact) mass is 380 g/mol. The summed E-state index contributed by atoms with van der Waals surface area (Å²) in [4.78, 5) is 24.7. The predicted octanol–water partition coefficient (Wildman–Crippen LogP) is 3.63. The van der Waals surface area contributed by atoms with E-state index in [1.54, 1.807) is 41.5 Å². The number of benzene rings is 1. The van der Waals surface area contributed by atoms with Crippen molar-refractivity contribution in [3.05, 3.63) is 23.3 Å². The van der Waals surface area contributed by atoms with Crippen molar-refractivity contribution in [3.8, 4) is 0 Å². The molecule has 0 spiro atoms. The largest absolute Gasteiger partial charge is 0.460 e. The number of hydrogen-bond acceptors (Lipinski definition) is 6. The fraction of sp³-hybridized carbons (Fsp3) is 0.600. The number of aryl methyl sites for hydroxylation is 1. The number of rotatable bonds is 6. The fourth-order valence-corrected chi connectivity index (χ4v) is 2.41. The second kappa shape index (κ2) is 9.08. The van der Waals surface area contributed by atoms with Crippen LogP contribution in [0.25, 0.3) is 0 Å². The Morgan fingerprint density at radius 3 is 2.15 bits per heavy atom. The first-order valence-electron chi connectivity index (χ1n) is 9.01. The van der Waals surface area contributed by atoms with Gasteiger partial charge in [0.2, 0.25) is 0 Å². The van der Waals surface area contributed by atoms with E-state index in [-0.39, 0.29) is 13.0 Å². The Bertz CT molecular complexity index is 672. The van der Waals surface area contributed by atoms with Gasteiger partial charge in [-0.25, -0.2) is 4.79 Å². The highest BCUT2D eigenvalue weighted by molar-refractivity contribution is 5.91. The molecule has 0 heterocycles. The van der Waals surface area contributed by atoms with Crippen LogP contribution in [0.4, 0.5) is 16.2 Å². The van der Waals surface area contributed by atoms with Crippen molar-refractivity contribution in [1.29, 1.82) is 0 Å². The van der Waals surface area contributed by atoms with E-state index in [4.69, 9.17) is 14.6 Å². The van der Waals surface area contributed by atoms with Gasteiger partial charge in [-0.1, -0.05) is 6.07 Å². The molecule has 1 aromatic rings. The zero-order valence-corrected chi connectivity index (χ0v) is 17.4. The van der Waals surface area contributed by atoms with Gasteiger partial charge in [0.05, 0.1) is 18.7 Å². The van der Waals surface area contributed by atoms with E-state index in [2.05, 4.69) is 10.6 Å². The lowest BCUT2D eigenvalue weighted by atomic mass is 10.0. The van der Waals surface area contributed by atoms with E-state index in [9.17, 15) is 9.59 Å². The molecule has 0 aliphatic carbocycles. The quantitative estimate of drug-likeness (QED) is 0.652. The second-order valence-electron chi connectivity index (χ2n) is 8.32. The molecule has 1 aromatic carbocycles. The molecule has 7 heteroatoms. The number of amides is 1. The summed E-state index contributed by atoms with van der Waals surface area (Å²) in [6.07, 6.45) is -0.631. The van der Waals surface area contributed by atoms with E-state index in [1.165, 1.54) is 0 Å². The molecule has 0 aromatic heterocycles. The molecule has 1 rings (SSSR count). The highest BCUT2D eigenvalue weighted by Gasteiger charge is 2.23. The average Bonchev–Trinajstić information content (AvgIpc) is 2.46. The van der Waals surface area contributed by atoms with Crippen molar-refractivity contribution in [3.63, 3.8) is 0 Å². The average molecular weight is 380 g/mol. The maximum absolute atomic E-state index is 12.4. The summed E-state index contributed by atoms with van der Waals surface area (Å²) >= 11 is 0. The first-order valence-corrected chi connectivity index (χ1v) is 9.01. The molecular formula is C20H32N2O5. The van der Waals surface area contributed by atoms with Crippen LogP contribution < -0.4 is 10.6 Å². The van der Waals surface area contributed by atoms with E-state index < -0.39 is 23.3 Å². The number of anilines is 2. The Morgan fingerprint density at radius 1 is 1.04 bits per heavy atom. The van der Waals surface area contributed by atoms with Crippen LogP contribution in [0.3, 0.4) is 0 Å². The van der Waals surface area contributed by atoms with Crippen molar-refractivity contribution in [2.24, 2.45) is 0 Å². The minimum atomic E-state index is -0.643. The van der Waals surface area contributed by atoms with Gasteiger partial charge in [-0.3, -0.25) is 10.1 Å². The first kappa shape index (κ1) is 22.8. The Hall–Kier alpha value is -2.28. The number of aliphatic hydroxyl groups is 1. The van der Waals surface area contributed by atoms with Gasteiger partial charge in [0.25, 0.3) is 0 Å². The number of ether oxygens (including phenoxy) is 2. The number of nitrogens with one attached hydrogen (secondary N) is 2. The smallest absolute Gasteiger partial charge is 0.412 e. The van der Waals surface area contributed by atoms with Crippen molar-refractivity contribution < 1.29 is 24.2 Å². The highest BCUT2D eigenvalue weighted by atomic mass is 16.6. The fourth-order valence-electron chi connectivity index (χ4n) is 2.41. The molecule has 0 aliphatic heterocycles. The molecule has 0 fully saturated rings. The van der Waals surface area contributed by atoms with Crippen LogP contribution in [0.15, 0.2) is 12.1 Å². The Morgan fingerprint density at radius 2 is 1.63 bits per heavy atom. The molecule has 0 aliphatic rings. The van der Waals surface area contributed by atoms with Gasteiger partial charge in [0.15, 0.2) is 0 Å². The lowest BCUT2D eigenvalue weighted by Crippen LogP contribution is -2.29. The van der Waals surface area contributed by atoms with E-state index in [1.807, 2.05) is 19.1 Å². The third-order valence-electron chi connectivity index (χ3n) is 3.32. The summed E-state index contributed by atoms with van der Waals surface area (Å²) in [5, 5.41) is 14.9. The lowest BCUT2D eigenvalue weighted by Gasteiger charge is -2.24. The van der Waals surface area contributed by atoms with Crippen LogP contribution >= 0.6 is 0 Å². The summed E-state index contributed by atoms with van der Waals surface area (Å²) in [6.45, 7) is 12.8. The number of hydrogen-bond donors (Lipinski definition) is 3. The van der Waals surface area contributed by atoms with E-state index >= 15 is 0 Å². The SMILES string of the molecule is Cc1ccc(NCCO)c(CC(=O)OC(C)(C)C)c1NC(=O)OC(C)(C)C. The summed E-state index contributed by atoms with van der Waals surface area (Å²) < 4.78 is 10.8. The Kier molecular flexibility index (Phi) is 7.65. The molecule has 0 unspecified atom stereocenters. The van der Waals surface area contributed by atoms with Crippen LogP contribution in [0, 0.1) is 6.92 Å². The first-order chi connectivity index (χ1) is 12.3. The zero-order chi connectivity index (χ0) is 20.8. The van der Waals surface area contributed by atoms with Crippen LogP contribution in [-0.4, -0.2) is 41.5 Å². The van der Waals surface area contributed by atoms with E-state index in [0.717, 1.165) is 5.56 Å². The predicted molar refractivity (Wildman–Crippen MR) is 106 cm³/mol. The minimum Gasteiger partial charge on any atom is -0.460 e. The normalized spacial score (nSPS) is 11.7. The Balaban J connectivity index is 3.21. The van der Waals surface area contributed by atoms with Crippen LogP contribution in [-0.2, 0) is 20.7 Å². The molecule has 0 saturated heterocycles. The standard InChI is InChI=1S/C20H32N2O5/c1-13-8-9-15(21-10-11-23)14(12-16(24)26-19(2,3)4)17(13)22-18(25)27-20(5,6)7/h8-9,21,23H,10-12H2,1-7H3,(H,22,25).